The first kappa shape index (κ1) is 18.5. The van der Waals surface area contributed by atoms with Crippen LogP contribution in [0.4, 0.5) is 5.69 Å². The summed E-state index contributed by atoms with van der Waals surface area (Å²) in [4.78, 5) is 26.8. The van der Waals surface area contributed by atoms with Gasteiger partial charge in [-0.1, -0.05) is 39.7 Å². The number of halogens is 2. The number of carbonyl (C=O) groups excluding carboxylic acids is 2. The Hall–Kier alpha value is -1.85. The summed E-state index contributed by atoms with van der Waals surface area (Å²) in [7, 11) is 0. The first-order valence-electron chi connectivity index (χ1n) is 7.62. The van der Waals surface area contributed by atoms with E-state index in [1.54, 1.807) is 47.4 Å². The maximum atomic E-state index is 12.6. The van der Waals surface area contributed by atoms with Crippen molar-refractivity contribution in [2.24, 2.45) is 0 Å². The quantitative estimate of drug-likeness (QED) is 0.768. The molecule has 0 aliphatic rings. The van der Waals surface area contributed by atoms with Gasteiger partial charge in [0.05, 0.1) is 21.8 Å². The molecule has 2 aromatic rings. The van der Waals surface area contributed by atoms with Crippen LogP contribution in [-0.4, -0.2) is 29.8 Å². The van der Waals surface area contributed by atoms with Crippen LogP contribution in [0.15, 0.2) is 46.9 Å². The second-order valence-corrected chi connectivity index (χ2v) is 6.42. The number of nitrogens with one attached hydrogen (secondary N) is 1. The lowest BCUT2D eigenvalue weighted by atomic mass is 10.1. The number of carbonyl (C=O) groups is 2. The van der Waals surface area contributed by atoms with Gasteiger partial charge in [-0.25, -0.2) is 0 Å². The zero-order valence-corrected chi connectivity index (χ0v) is 15.8. The van der Waals surface area contributed by atoms with Gasteiger partial charge in [-0.15, -0.1) is 0 Å². The molecule has 2 amide bonds. The first-order valence-corrected chi connectivity index (χ1v) is 8.79. The Morgan fingerprint density at radius 2 is 1.75 bits per heavy atom. The lowest BCUT2D eigenvalue weighted by Gasteiger charge is -2.20. The molecule has 0 spiro atoms. The summed E-state index contributed by atoms with van der Waals surface area (Å²) in [6.45, 7) is 5.05. The van der Waals surface area contributed by atoms with E-state index in [4.69, 9.17) is 11.6 Å². The van der Waals surface area contributed by atoms with Crippen molar-refractivity contribution in [1.82, 2.24) is 4.90 Å². The molecule has 126 valence electrons. The van der Waals surface area contributed by atoms with Gasteiger partial charge in [-0.05, 0) is 44.2 Å². The standard InChI is InChI=1S/C18H18BrClN2O2/c1-3-22(4-2)18(24)13-7-5-6-8-16(13)21-17(23)14-11-12(19)9-10-15(14)20/h5-11H,3-4H2,1-2H3,(H,21,23). The van der Waals surface area contributed by atoms with Gasteiger partial charge in [0.1, 0.15) is 0 Å². The van der Waals surface area contributed by atoms with E-state index < -0.39 is 0 Å². The third-order valence-electron chi connectivity index (χ3n) is 3.63. The van der Waals surface area contributed by atoms with Gasteiger partial charge in [0.25, 0.3) is 11.8 Å². The number of amides is 2. The molecule has 0 saturated heterocycles. The summed E-state index contributed by atoms with van der Waals surface area (Å²) < 4.78 is 0.754. The predicted molar refractivity (Wildman–Crippen MR) is 101 cm³/mol. The molecule has 0 saturated carbocycles. The van der Waals surface area contributed by atoms with Crippen molar-refractivity contribution < 1.29 is 9.59 Å². The molecule has 4 nitrogen and oxygen atoms in total. The van der Waals surface area contributed by atoms with Crippen molar-refractivity contribution in [3.63, 3.8) is 0 Å². The van der Waals surface area contributed by atoms with E-state index in [1.807, 2.05) is 13.8 Å². The number of anilines is 1. The molecule has 1 N–H and O–H groups in total. The zero-order chi connectivity index (χ0) is 17.7. The fourth-order valence-corrected chi connectivity index (χ4v) is 2.89. The highest BCUT2D eigenvalue weighted by Gasteiger charge is 2.18. The summed E-state index contributed by atoms with van der Waals surface area (Å²) in [6.07, 6.45) is 0. The fraction of sp³-hybridized carbons (Fsp3) is 0.222. The van der Waals surface area contributed by atoms with E-state index >= 15 is 0 Å². The molecule has 6 heteroatoms. The van der Waals surface area contributed by atoms with E-state index in [9.17, 15) is 9.59 Å². The van der Waals surface area contributed by atoms with Gasteiger partial charge in [0, 0.05) is 17.6 Å². The van der Waals surface area contributed by atoms with E-state index in [2.05, 4.69) is 21.2 Å². The SMILES string of the molecule is CCN(CC)C(=O)c1ccccc1NC(=O)c1cc(Br)ccc1Cl. The van der Waals surface area contributed by atoms with Crippen LogP contribution >= 0.6 is 27.5 Å². The third-order valence-corrected chi connectivity index (χ3v) is 4.45. The molecule has 2 rings (SSSR count). The smallest absolute Gasteiger partial charge is 0.257 e. The summed E-state index contributed by atoms with van der Waals surface area (Å²) in [5.74, 6) is -0.475. The number of para-hydroxylation sites is 1. The van der Waals surface area contributed by atoms with Crippen LogP contribution in [0.5, 0.6) is 0 Å². The Balaban J connectivity index is 2.32. The number of nitrogens with zero attached hydrogens (tertiary/aromatic N) is 1. The van der Waals surface area contributed by atoms with Crippen LogP contribution in [0.25, 0.3) is 0 Å². The number of hydrogen-bond donors (Lipinski definition) is 1. The summed E-state index contributed by atoms with van der Waals surface area (Å²) in [6, 6.07) is 12.0. The van der Waals surface area contributed by atoms with Crippen molar-refractivity contribution in [2.45, 2.75) is 13.8 Å². The van der Waals surface area contributed by atoms with Crippen molar-refractivity contribution in [3.05, 3.63) is 63.1 Å². The van der Waals surface area contributed by atoms with Crippen LogP contribution < -0.4 is 5.32 Å². The molecule has 0 aliphatic carbocycles. The average Bonchev–Trinajstić information content (AvgIpc) is 2.58. The van der Waals surface area contributed by atoms with Gasteiger partial charge in [0.15, 0.2) is 0 Å². The van der Waals surface area contributed by atoms with E-state index in [0.29, 0.717) is 34.9 Å². The summed E-state index contributed by atoms with van der Waals surface area (Å²) >= 11 is 9.42. The predicted octanol–water partition coefficient (Wildman–Crippen LogP) is 4.84. The molecule has 24 heavy (non-hydrogen) atoms. The Morgan fingerprint density at radius 1 is 1.08 bits per heavy atom. The molecule has 0 radical (unpaired) electrons. The maximum absolute atomic E-state index is 12.6. The second kappa shape index (κ2) is 8.31. The largest absolute Gasteiger partial charge is 0.339 e. The average molecular weight is 410 g/mol. The Bertz CT molecular complexity index is 760. The van der Waals surface area contributed by atoms with E-state index in [0.717, 1.165) is 4.47 Å². The van der Waals surface area contributed by atoms with Gasteiger partial charge in [0.2, 0.25) is 0 Å². The Morgan fingerprint density at radius 3 is 2.42 bits per heavy atom. The van der Waals surface area contributed by atoms with Crippen molar-refractivity contribution in [3.8, 4) is 0 Å². The van der Waals surface area contributed by atoms with Crippen molar-refractivity contribution in [2.75, 3.05) is 18.4 Å². The number of benzene rings is 2. The molecule has 0 fully saturated rings. The number of hydrogen-bond acceptors (Lipinski definition) is 2. The second-order valence-electron chi connectivity index (χ2n) is 5.10. The van der Waals surface area contributed by atoms with E-state index in [1.165, 1.54) is 0 Å². The lowest BCUT2D eigenvalue weighted by Crippen LogP contribution is -2.31. The monoisotopic (exact) mass is 408 g/mol. The highest BCUT2D eigenvalue weighted by atomic mass is 79.9. The molecule has 0 heterocycles. The molecule has 0 atom stereocenters. The molecule has 0 aromatic heterocycles. The molecular weight excluding hydrogens is 392 g/mol. The molecule has 0 aliphatic heterocycles. The maximum Gasteiger partial charge on any atom is 0.257 e. The Kier molecular flexibility index (Phi) is 6.40. The van der Waals surface area contributed by atoms with Crippen LogP contribution in [0.1, 0.15) is 34.6 Å². The lowest BCUT2D eigenvalue weighted by molar-refractivity contribution is 0.0774. The van der Waals surface area contributed by atoms with Gasteiger partial charge in [-0.3, -0.25) is 9.59 Å². The topological polar surface area (TPSA) is 49.4 Å². The fourth-order valence-electron chi connectivity index (χ4n) is 2.32. The van der Waals surface area contributed by atoms with Gasteiger partial charge in [-0.2, -0.15) is 0 Å². The minimum atomic E-state index is -0.360. The van der Waals surface area contributed by atoms with Crippen LogP contribution in [-0.2, 0) is 0 Å². The third kappa shape index (κ3) is 4.16. The number of rotatable bonds is 5. The van der Waals surface area contributed by atoms with Gasteiger partial charge < -0.3 is 10.2 Å². The summed E-state index contributed by atoms with van der Waals surface area (Å²) in [5, 5.41) is 3.14. The molecule has 0 bridgehead atoms. The zero-order valence-electron chi connectivity index (χ0n) is 13.5. The van der Waals surface area contributed by atoms with Crippen LogP contribution in [0, 0.1) is 0 Å². The first-order chi connectivity index (χ1) is 11.5. The molecule has 2 aromatic carbocycles. The highest BCUT2D eigenvalue weighted by molar-refractivity contribution is 9.10. The summed E-state index contributed by atoms with van der Waals surface area (Å²) in [5.41, 5.74) is 1.27. The normalized spacial score (nSPS) is 10.3. The van der Waals surface area contributed by atoms with Crippen molar-refractivity contribution in [1.29, 1.82) is 0 Å². The highest BCUT2D eigenvalue weighted by Crippen LogP contribution is 2.24. The molecule has 0 unspecified atom stereocenters. The minimum Gasteiger partial charge on any atom is -0.339 e. The van der Waals surface area contributed by atoms with Crippen molar-refractivity contribution >= 4 is 45.0 Å². The Labute approximate surface area is 154 Å². The van der Waals surface area contributed by atoms with Crippen LogP contribution in [0.2, 0.25) is 5.02 Å². The van der Waals surface area contributed by atoms with Gasteiger partial charge >= 0.3 is 0 Å². The molecular formula is C18H18BrClN2O2. The van der Waals surface area contributed by atoms with E-state index in [-0.39, 0.29) is 11.8 Å². The van der Waals surface area contributed by atoms with Crippen LogP contribution in [0.3, 0.4) is 0 Å². The minimum absolute atomic E-state index is 0.115.